The van der Waals surface area contributed by atoms with Crippen molar-refractivity contribution in [2.75, 3.05) is 7.05 Å². The van der Waals surface area contributed by atoms with Gasteiger partial charge < -0.3 is 4.90 Å². The highest BCUT2D eigenvalue weighted by atomic mass is 19.1. The van der Waals surface area contributed by atoms with Crippen LogP contribution < -0.4 is 0 Å². The maximum Gasteiger partial charge on any atom is 0.156 e. The number of likely N-dealkylation sites (tertiary alicyclic amines) is 1. The fraction of sp³-hybridized carbons (Fsp3) is 0.417. The standard InChI is InChI=1S/C24H27FN6/c1-13-6-22(29-31-12-14(2)26-24(13)31)18-9-20(25)19-11-21(27-28-23(19)10-18)17-7-15(3)30(5)16(4)8-17/h6,9-12,15-17H,7-8H2,1-5H3/t15-,16-/m0/s1. The van der Waals surface area contributed by atoms with Crippen molar-refractivity contribution in [3.8, 4) is 11.3 Å². The third kappa shape index (κ3) is 3.47. The van der Waals surface area contributed by atoms with Crippen molar-refractivity contribution >= 4 is 16.6 Å². The van der Waals surface area contributed by atoms with Crippen molar-refractivity contribution in [3.05, 3.63) is 53.2 Å². The van der Waals surface area contributed by atoms with Gasteiger partial charge in [-0.3, -0.25) is 0 Å². The molecule has 0 amide bonds. The number of fused-ring (bicyclic) bond motifs is 2. The second kappa shape index (κ2) is 7.34. The topological polar surface area (TPSA) is 59.2 Å². The number of hydrogen-bond acceptors (Lipinski definition) is 5. The number of benzene rings is 1. The number of aryl methyl sites for hydroxylation is 2. The Hall–Kier alpha value is -2.93. The summed E-state index contributed by atoms with van der Waals surface area (Å²) in [5.74, 6) is 0.00687. The van der Waals surface area contributed by atoms with Crippen LogP contribution in [-0.2, 0) is 0 Å². The van der Waals surface area contributed by atoms with Gasteiger partial charge in [0.2, 0.25) is 0 Å². The molecule has 1 aromatic carbocycles. The molecule has 0 radical (unpaired) electrons. The first-order chi connectivity index (χ1) is 14.8. The van der Waals surface area contributed by atoms with E-state index in [1.165, 1.54) is 0 Å². The molecule has 6 nitrogen and oxygen atoms in total. The molecule has 4 aromatic rings. The van der Waals surface area contributed by atoms with Crippen molar-refractivity contribution in [2.45, 2.75) is 58.5 Å². The minimum absolute atomic E-state index is 0.293. The van der Waals surface area contributed by atoms with Crippen LogP contribution in [0.15, 0.2) is 30.5 Å². The first-order valence-electron chi connectivity index (χ1n) is 10.8. The van der Waals surface area contributed by atoms with Crippen LogP contribution in [0.3, 0.4) is 0 Å². The summed E-state index contributed by atoms with van der Waals surface area (Å²) in [5.41, 5.74) is 5.51. The van der Waals surface area contributed by atoms with Crippen molar-refractivity contribution in [3.63, 3.8) is 0 Å². The maximum absolute atomic E-state index is 15.2. The summed E-state index contributed by atoms with van der Waals surface area (Å²) in [6, 6.07) is 8.17. The Morgan fingerprint density at radius 3 is 2.48 bits per heavy atom. The normalized spacial score (nSPS) is 22.5. The van der Waals surface area contributed by atoms with E-state index >= 15 is 4.39 Å². The average molecular weight is 419 g/mol. The minimum atomic E-state index is -0.293. The van der Waals surface area contributed by atoms with E-state index in [9.17, 15) is 0 Å². The number of piperidine rings is 1. The minimum Gasteiger partial charge on any atom is -0.301 e. The number of rotatable bonds is 2. The summed E-state index contributed by atoms with van der Waals surface area (Å²) < 4.78 is 16.9. The quantitative estimate of drug-likeness (QED) is 0.473. The lowest BCUT2D eigenvalue weighted by Crippen LogP contribution is -2.43. The first kappa shape index (κ1) is 20.0. The molecular formula is C24H27FN6. The molecule has 7 heteroatoms. The lowest BCUT2D eigenvalue weighted by Gasteiger charge is -2.40. The van der Waals surface area contributed by atoms with E-state index in [4.69, 9.17) is 0 Å². The predicted octanol–water partition coefficient (Wildman–Crippen LogP) is 4.68. The molecule has 0 unspecified atom stereocenters. The fourth-order valence-corrected chi connectivity index (χ4v) is 4.78. The van der Waals surface area contributed by atoms with Crippen LogP contribution in [0.2, 0.25) is 0 Å². The Labute approximate surface area is 181 Å². The molecule has 1 fully saturated rings. The van der Waals surface area contributed by atoms with Crippen molar-refractivity contribution < 1.29 is 4.39 Å². The van der Waals surface area contributed by atoms with Gasteiger partial charge in [0.25, 0.3) is 0 Å². The molecule has 160 valence electrons. The summed E-state index contributed by atoms with van der Waals surface area (Å²) in [6.07, 6.45) is 3.89. The highest BCUT2D eigenvalue weighted by Gasteiger charge is 2.30. The van der Waals surface area contributed by atoms with Gasteiger partial charge in [0.05, 0.1) is 28.8 Å². The van der Waals surface area contributed by atoms with E-state index in [1.54, 1.807) is 10.6 Å². The number of nitrogens with zero attached hydrogens (tertiary/aromatic N) is 6. The second-order valence-electron chi connectivity index (χ2n) is 9.05. The van der Waals surface area contributed by atoms with Gasteiger partial charge in [-0.25, -0.2) is 13.9 Å². The third-order valence-corrected chi connectivity index (χ3v) is 6.76. The van der Waals surface area contributed by atoms with Gasteiger partial charge in [-0.05, 0) is 77.4 Å². The Morgan fingerprint density at radius 1 is 1.00 bits per heavy atom. The average Bonchev–Trinajstić information content (AvgIpc) is 3.12. The van der Waals surface area contributed by atoms with Gasteiger partial charge in [0.1, 0.15) is 5.82 Å². The highest BCUT2D eigenvalue weighted by Crippen LogP contribution is 2.35. The van der Waals surface area contributed by atoms with Crippen LogP contribution >= 0.6 is 0 Å². The van der Waals surface area contributed by atoms with Gasteiger partial charge in [0.15, 0.2) is 5.65 Å². The van der Waals surface area contributed by atoms with Crippen LogP contribution in [0.1, 0.15) is 49.6 Å². The Balaban J connectivity index is 1.54. The summed E-state index contributed by atoms with van der Waals surface area (Å²) in [7, 11) is 2.16. The molecule has 1 aliphatic heterocycles. The van der Waals surface area contributed by atoms with Crippen LogP contribution in [0.5, 0.6) is 0 Å². The van der Waals surface area contributed by atoms with Crippen molar-refractivity contribution in [1.82, 2.24) is 29.7 Å². The molecule has 0 aliphatic carbocycles. The smallest absolute Gasteiger partial charge is 0.156 e. The number of hydrogen-bond donors (Lipinski definition) is 0. The molecular weight excluding hydrogens is 391 g/mol. The Kier molecular flexibility index (Phi) is 4.73. The summed E-state index contributed by atoms with van der Waals surface area (Å²) >= 11 is 0. The largest absolute Gasteiger partial charge is 0.301 e. The number of aromatic nitrogens is 5. The first-order valence-corrected chi connectivity index (χ1v) is 10.8. The monoisotopic (exact) mass is 418 g/mol. The molecule has 3 aromatic heterocycles. The maximum atomic E-state index is 15.2. The number of imidazole rings is 1. The molecule has 1 saturated heterocycles. The molecule has 0 spiro atoms. The SMILES string of the molecule is Cc1cn2nc(-c3cc(F)c4cc(C5C[C@H](C)N(C)[C@@H](C)C5)nnc4c3)cc(C)c2n1. The molecule has 31 heavy (non-hydrogen) atoms. The van der Waals surface area contributed by atoms with E-state index in [-0.39, 0.29) is 5.82 Å². The van der Waals surface area contributed by atoms with E-state index in [2.05, 4.69) is 46.1 Å². The van der Waals surface area contributed by atoms with Crippen LogP contribution in [0.25, 0.3) is 27.8 Å². The molecule has 2 atom stereocenters. The highest BCUT2D eigenvalue weighted by molar-refractivity contribution is 5.84. The van der Waals surface area contributed by atoms with E-state index in [0.717, 1.165) is 35.4 Å². The lowest BCUT2D eigenvalue weighted by atomic mass is 9.85. The van der Waals surface area contributed by atoms with Gasteiger partial charge in [-0.2, -0.15) is 15.3 Å². The van der Waals surface area contributed by atoms with Gasteiger partial charge in [-0.1, -0.05) is 0 Å². The zero-order chi connectivity index (χ0) is 21.9. The van der Waals surface area contributed by atoms with E-state index in [0.29, 0.717) is 40.2 Å². The van der Waals surface area contributed by atoms with Gasteiger partial charge in [0, 0.05) is 29.0 Å². The van der Waals surface area contributed by atoms with E-state index in [1.807, 2.05) is 38.2 Å². The molecule has 4 heterocycles. The summed E-state index contributed by atoms with van der Waals surface area (Å²) in [5, 5.41) is 14.1. The zero-order valence-electron chi connectivity index (χ0n) is 18.6. The Morgan fingerprint density at radius 2 is 1.74 bits per heavy atom. The predicted molar refractivity (Wildman–Crippen MR) is 120 cm³/mol. The van der Waals surface area contributed by atoms with Gasteiger partial charge in [-0.15, -0.1) is 0 Å². The lowest BCUT2D eigenvalue weighted by molar-refractivity contribution is 0.121. The molecule has 0 N–H and O–H groups in total. The summed E-state index contributed by atoms with van der Waals surface area (Å²) in [6.45, 7) is 8.39. The van der Waals surface area contributed by atoms with E-state index < -0.39 is 0 Å². The van der Waals surface area contributed by atoms with Crippen LogP contribution in [-0.4, -0.2) is 48.8 Å². The van der Waals surface area contributed by atoms with Crippen molar-refractivity contribution in [2.24, 2.45) is 0 Å². The second-order valence-corrected chi connectivity index (χ2v) is 9.05. The van der Waals surface area contributed by atoms with Crippen molar-refractivity contribution in [1.29, 1.82) is 0 Å². The third-order valence-electron chi connectivity index (χ3n) is 6.76. The summed E-state index contributed by atoms with van der Waals surface area (Å²) in [4.78, 5) is 6.88. The van der Waals surface area contributed by atoms with Gasteiger partial charge >= 0.3 is 0 Å². The van der Waals surface area contributed by atoms with Crippen LogP contribution in [0.4, 0.5) is 4.39 Å². The van der Waals surface area contributed by atoms with Crippen LogP contribution in [0, 0.1) is 19.7 Å². The number of halogens is 1. The molecule has 5 rings (SSSR count). The Bertz CT molecular complexity index is 1280. The fourth-order valence-electron chi connectivity index (χ4n) is 4.78. The molecule has 0 bridgehead atoms. The molecule has 0 saturated carbocycles. The zero-order valence-corrected chi connectivity index (χ0v) is 18.6. The molecule has 1 aliphatic rings.